The van der Waals surface area contributed by atoms with Crippen LogP contribution in [0.3, 0.4) is 0 Å². The minimum atomic E-state index is -0.304. The van der Waals surface area contributed by atoms with Gasteiger partial charge in [0.05, 0.1) is 12.1 Å². The lowest BCUT2D eigenvalue weighted by atomic mass is 10.00. The lowest BCUT2D eigenvalue weighted by molar-refractivity contribution is 0.161. The van der Waals surface area contributed by atoms with Gasteiger partial charge in [-0.15, -0.1) is 11.3 Å². The highest BCUT2D eigenvalue weighted by Gasteiger charge is 2.25. The van der Waals surface area contributed by atoms with Gasteiger partial charge in [0.25, 0.3) is 0 Å². The quantitative estimate of drug-likeness (QED) is 0.684. The Morgan fingerprint density at radius 3 is 2.82 bits per heavy atom. The number of hydrogen-bond acceptors (Lipinski definition) is 3. The van der Waals surface area contributed by atoms with Crippen molar-refractivity contribution in [3.63, 3.8) is 0 Å². The van der Waals surface area contributed by atoms with Crippen molar-refractivity contribution < 1.29 is 5.11 Å². The fourth-order valence-electron chi connectivity index (χ4n) is 3.41. The van der Waals surface area contributed by atoms with E-state index in [0.29, 0.717) is 6.42 Å². The van der Waals surface area contributed by atoms with Crippen molar-refractivity contribution in [2.75, 3.05) is 5.32 Å². The molecule has 112 valence electrons. The van der Waals surface area contributed by atoms with E-state index in [1.807, 2.05) is 0 Å². The minimum Gasteiger partial charge on any atom is -0.393 e. The summed E-state index contributed by atoms with van der Waals surface area (Å²) in [6.45, 7) is 2.15. The van der Waals surface area contributed by atoms with Crippen LogP contribution in [0.4, 0.5) is 5.69 Å². The van der Waals surface area contributed by atoms with Crippen LogP contribution in [0.25, 0.3) is 10.8 Å². The number of aryl methyl sites for hydroxylation is 1. The molecule has 1 aromatic heterocycles. The largest absolute Gasteiger partial charge is 0.393 e. The smallest absolute Gasteiger partial charge is 0.0634 e. The van der Waals surface area contributed by atoms with Crippen LogP contribution < -0.4 is 5.32 Å². The van der Waals surface area contributed by atoms with Crippen LogP contribution in [0.15, 0.2) is 47.8 Å². The van der Waals surface area contributed by atoms with E-state index < -0.39 is 0 Å². The second kappa shape index (κ2) is 5.41. The van der Waals surface area contributed by atoms with Gasteiger partial charge >= 0.3 is 0 Å². The molecule has 4 rings (SSSR count). The van der Waals surface area contributed by atoms with Gasteiger partial charge in [0.2, 0.25) is 0 Å². The van der Waals surface area contributed by atoms with E-state index >= 15 is 0 Å². The Hall–Kier alpha value is -1.84. The Balaban J connectivity index is 1.86. The van der Waals surface area contributed by atoms with Gasteiger partial charge in [0.1, 0.15) is 0 Å². The maximum absolute atomic E-state index is 10.4. The van der Waals surface area contributed by atoms with Crippen LogP contribution in [0.5, 0.6) is 0 Å². The first-order valence-corrected chi connectivity index (χ1v) is 8.59. The number of thiophene rings is 1. The summed E-state index contributed by atoms with van der Waals surface area (Å²) in [4.78, 5) is 1.33. The van der Waals surface area contributed by atoms with Crippen molar-refractivity contribution in [1.29, 1.82) is 0 Å². The molecule has 0 saturated carbocycles. The number of aliphatic hydroxyl groups is 1. The Morgan fingerprint density at radius 2 is 2.00 bits per heavy atom. The third-order valence-electron chi connectivity index (χ3n) is 4.52. The summed E-state index contributed by atoms with van der Waals surface area (Å²) in [5.74, 6) is 0. The first kappa shape index (κ1) is 13.8. The summed E-state index contributed by atoms with van der Waals surface area (Å²) in [6, 6.07) is 15.1. The van der Waals surface area contributed by atoms with Crippen LogP contribution >= 0.6 is 11.3 Å². The molecule has 0 saturated heterocycles. The molecule has 1 aliphatic heterocycles. The Labute approximate surface area is 134 Å². The number of hydrogen-bond donors (Lipinski definition) is 2. The Kier molecular flexibility index (Phi) is 3.40. The summed E-state index contributed by atoms with van der Waals surface area (Å²) in [5.41, 5.74) is 3.70. The van der Waals surface area contributed by atoms with E-state index in [1.54, 1.807) is 11.3 Å². The maximum Gasteiger partial charge on any atom is 0.0634 e. The van der Waals surface area contributed by atoms with Crippen molar-refractivity contribution in [2.45, 2.75) is 31.9 Å². The molecule has 1 aliphatic rings. The van der Waals surface area contributed by atoms with E-state index in [2.05, 4.69) is 60.1 Å². The van der Waals surface area contributed by atoms with Gasteiger partial charge in [-0.2, -0.15) is 0 Å². The van der Waals surface area contributed by atoms with Gasteiger partial charge in [-0.3, -0.25) is 0 Å². The molecule has 2 nitrogen and oxygen atoms in total. The highest BCUT2D eigenvalue weighted by molar-refractivity contribution is 7.10. The Bertz CT molecular complexity index is 823. The van der Waals surface area contributed by atoms with Gasteiger partial charge in [0, 0.05) is 22.4 Å². The second-order valence-corrected chi connectivity index (χ2v) is 7.03. The van der Waals surface area contributed by atoms with Gasteiger partial charge in [-0.1, -0.05) is 36.4 Å². The predicted molar refractivity (Wildman–Crippen MR) is 93.7 cm³/mol. The van der Waals surface area contributed by atoms with Gasteiger partial charge < -0.3 is 10.4 Å². The number of anilines is 1. The number of nitrogens with one attached hydrogen (secondary N) is 1. The molecule has 0 unspecified atom stereocenters. The van der Waals surface area contributed by atoms with Crippen LogP contribution in [0.2, 0.25) is 0 Å². The molecule has 0 bridgehead atoms. The first-order chi connectivity index (χ1) is 10.7. The summed E-state index contributed by atoms with van der Waals surface area (Å²) < 4.78 is 0. The van der Waals surface area contributed by atoms with Gasteiger partial charge in [-0.05, 0) is 41.3 Å². The summed E-state index contributed by atoms with van der Waals surface area (Å²) in [5, 5.41) is 18.8. The predicted octanol–water partition coefficient (Wildman–Crippen LogP) is 4.67. The molecule has 0 aliphatic carbocycles. The summed E-state index contributed by atoms with van der Waals surface area (Å²) in [6.07, 6.45) is 1.17. The Morgan fingerprint density at radius 1 is 1.14 bits per heavy atom. The molecule has 22 heavy (non-hydrogen) atoms. The maximum atomic E-state index is 10.4. The lowest BCUT2D eigenvalue weighted by Gasteiger charge is -2.20. The van der Waals surface area contributed by atoms with Crippen LogP contribution in [0, 0.1) is 6.92 Å². The molecule has 2 atom stereocenters. The SMILES string of the molecule is Cc1ccsc1[C@H]1C[C@@H](O)Cc2ccc3ccccc3c2N1. The summed E-state index contributed by atoms with van der Waals surface area (Å²) in [7, 11) is 0. The fraction of sp³-hybridized carbons (Fsp3) is 0.263. The van der Waals surface area contributed by atoms with Crippen molar-refractivity contribution in [3.8, 4) is 0 Å². The van der Waals surface area contributed by atoms with E-state index in [0.717, 1.165) is 6.42 Å². The van der Waals surface area contributed by atoms with Crippen molar-refractivity contribution in [1.82, 2.24) is 0 Å². The van der Waals surface area contributed by atoms with E-state index in [-0.39, 0.29) is 12.1 Å². The topological polar surface area (TPSA) is 32.3 Å². The molecule has 2 aromatic carbocycles. The average Bonchev–Trinajstić information content (AvgIpc) is 2.86. The molecule has 0 spiro atoms. The second-order valence-electron chi connectivity index (χ2n) is 6.08. The molecule has 0 radical (unpaired) electrons. The molecule has 3 aromatic rings. The number of benzene rings is 2. The number of aliphatic hydroxyl groups excluding tert-OH is 1. The standard InChI is InChI=1S/C19H19NOS/c1-12-8-9-22-19(12)17-11-15(21)10-14-7-6-13-4-2-3-5-16(13)18(14)20-17/h2-9,15,17,20-21H,10-11H2,1H3/t15-,17+/m0/s1. The monoisotopic (exact) mass is 309 g/mol. The van der Waals surface area contributed by atoms with Crippen molar-refractivity contribution >= 4 is 27.8 Å². The molecule has 0 amide bonds. The molecular formula is C19H19NOS. The van der Waals surface area contributed by atoms with Crippen LogP contribution in [-0.4, -0.2) is 11.2 Å². The first-order valence-electron chi connectivity index (χ1n) is 7.71. The van der Waals surface area contributed by atoms with Gasteiger partial charge in [-0.25, -0.2) is 0 Å². The lowest BCUT2D eigenvalue weighted by Crippen LogP contribution is -2.16. The van der Waals surface area contributed by atoms with Crippen LogP contribution in [0.1, 0.15) is 28.5 Å². The molecular weight excluding hydrogens is 290 g/mol. The van der Waals surface area contributed by atoms with Crippen molar-refractivity contribution in [3.05, 3.63) is 63.8 Å². The van der Waals surface area contributed by atoms with E-state index in [1.165, 1.54) is 32.5 Å². The van der Waals surface area contributed by atoms with Gasteiger partial charge in [0.15, 0.2) is 0 Å². The zero-order valence-corrected chi connectivity index (χ0v) is 13.4. The number of rotatable bonds is 1. The highest BCUT2D eigenvalue weighted by Crippen LogP contribution is 2.38. The fourth-order valence-corrected chi connectivity index (χ4v) is 4.41. The molecule has 3 heteroatoms. The van der Waals surface area contributed by atoms with E-state index in [4.69, 9.17) is 0 Å². The summed E-state index contributed by atoms with van der Waals surface area (Å²) >= 11 is 1.77. The zero-order valence-electron chi connectivity index (χ0n) is 12.5. The van der Waals surface area contributed by atoms with Crippen molar-refractivity contribution in [2.24, 2.45) is 0 Å². The zero-order chi connectivity index (χ0) is 15.1. The third kappa shape index (κ3) is 2.31. The molecule has 2 heterocycles. The van der Waals surface area contributed by atoms with E-state index in [9.17, 15) is 5.11 Å². The normalized spacial score (nSPS) is 21.2. The minimum absolute atomic E-state index is 0.182. The highest BCUT2D eigenvalue weighted by atomic mass is 32.1. The van der Waals surface area contributed by atoms with Crippen LogP contribution in [-0.2, 0) is 6.42 Å². The molecule has 0 fully saturated rings. The third-order valence-corrected chi connectivity index (χ3v) is 5.65. The molecule has 2 N–H and O–H groups in total. The number of fused-ring (bicyclic) bond motifs is 3. The average molecular weight is 309 g/mol.